The minimum Gasteiger partial charge on any atom is -0.197 e. The normalized spacial score (nSPS) is 41.7. The van der Waals surface area contributed by atoms with E-state index >= 15 is 0 Å². The van der Waals surface area contributed by atoms with Crippen LogP contribution in [-0.2, 0) is 10.2 Å². The molecule has 110 valence electrons. The summed E-state index contributed by atoms with van der Waals surface area (Å²) in [6.07, 6.45) is 7.12. The summed E-state index contributed by atoms with van der Waals surface area (Å²) >= 11 is 0. The number of rotatable bonds is 3. The minimum atomic E-state index is -3.40. The standard InChI is InChI=1S/C14H26N2O2S/c1-13(2,3)15-19(17,18)16-14-7-10-4-11(8-14)6-12(5-10)9-14/h10-12,15-16H,4-9H2,1-3H3. The molecule has 4 bridgehead atoms. The molecule has 19 heavy (non-hydrogen) atoms. The number of hydrogen-bond donors (Lipinski definition) is 2. The minimum absolute atomic E-state index is 0.147. The van der Waals surface area contributed by atoms with Crippen molar-refractivity contribution in [2.45, 2.75) is 70.4 Å². The van der Waals surface area contributed by atoms with Crippen LogP contribution in [0.1, 0.15) is 59.3 Å². The van der Waals surface area contributed by atoms with Crippen molar-refractivity contribution in [1.29, 1.82) is 0 Å². The van der Waals surface area contributed by atoms with Crippen molar-refractivity contribution < 1.29 is 8.42 Å². The third-order valence-electron chi connectivity index (χ3n) is 4.83. The highest BCUT2D eigenvalue weighted by atomic mass is 32.2. The summed E-state index contributed by atoms with van der Waals surface area (Å²) in [6.45, 7) is 5.64. The van der Waals surface area contributed by atoms with Crippen LogP contribution in [0.5, 0.6) is 0 Å². The molecule has 0 amide bonds. The zero-order chi connectivity index (χ0) is 13.9. The van der Waals surface area contributed by atoms with Crippen molar-refractivity contribution in [2.75, 3.05) is 0 Å². The maximum Gasteiger partial charge on any atom is 0.277 e. The fourth-order valence-corrected chi connectivity index (χ4v) is 6.63. The van der Waals surface area contributed by atoms with Gasteiger partial charge in [-0.15, -0.1) is 0 Å². The summed E-state index contributed by atoms with van der Waals surface area (Å²) in [6, 6.07) is 0. The Morgan fingerprint density at radius 1 is 0.947 bits per heavy atom. The molecule has 0 aromatic rings. The van der Waals surface area contributed by atoms with Crippen molar-refractivity contribution >= 4 is 10.2 Å². The van der Waals surface area contributed by atoms with E-state index in [2.05, 4.69) is 9.44 Å². The van der Waals surface area contributed by atoms with Crippen molar-refractivity contribution in [3.8, 4) is 0 Å². The first-order chi connectivity index (χ1) is 8.65. The Hall–Kier alpha value is -0.130. The molecule has 4 fully saturated rings. The molecule has 0 aromatic carbocycles. The average molecular weight is 286 g/mol. The largest absolute Gasteiger partial charge is 0.277 e. The van der Waals surface area contributed by atoms with E-state index in [0.717, 1.165) is 37.0 Å². The molecule has 4 aliphatic rings. The van der Waals surface area contributed by atoms with Gasteiger partial charge in [0.1, 0.15) is 0 Å². The Morgan fingerprint density at radius 3 is 1.74 bits per heavy atom. The second-order valence-electron chi connectivity index (χ2n) is 8.16. The van der Waals surface area contributed by atoms with Gasteiger partial charge in [-0.3, -0.25) is 0 Å². The molecule has 0 radical (unpaired) electrons. The summed E-state index contributed by atoms with van der Waals surface area (Å²) in [5.74, 6) is 2.26. The van der Waals surface area contributed by atoms with Crippen molar-refractivity contribution in [1.82, 2.24) is 9.44 Å². The third-order valence-corrected chi connectivity index (χ3v) is 6.41. The molecule has 4 saturated carbocycles. The molecule has 0 saturated heterocycles. The molecule has 0 aliphatic heterocycles. The SMILES string of the molecule is CC(C)(C)NS(=O)(=O)NC12CC3CC(CC(C3)C1)C2. The van der Waals surface area contributed by atoms with Crippen molar-refractivity contribution in [2.24, 2.45) is 17.8 Å². The number of hydrogen-bond acceptors (Lipinski definition) is 2. The highest BCUT2D eigenvalue weighted by molar-refractivity contribution is 7.87. The monoisotopic (exact) mass is 286 g/mol. The summed E-state index contributed by atoms with van der Waals surface area (Å²) in [7, 11) is -3.40. The predicted molar refractivity (Wildman–Crippen MR) is 75.8 cm³/mol. The molecule has 4 rings (SSSR count). The lowest BCUT2D eigenvalue weighted by atomic mass is 9.53. The molecule has 0 atom stereocenters. The summed E-state index contributed by atoms with van der Waals surface area (Å²) < 4.78 is 30.4. The maximum absolute atomic E-state index is 12.3. The maximum atomic E-state index is 12.3. The van der Waals surface area contributed by atoms with E-state index in [4.69, 9.17) is 0 Å². The van der Waals surface area contributed by atoms with Crippen LogP contribution in [0.25, 0.3) is 0 Å². The van der Waals surface area contributed by atoms with Crippen molar-refractivity contribution in [3.05, 3.63) is 0 Å². The molecular weight excluding hydrogens is 260 g/mol. The lowest BCUT2D eigenvalue weighted by molar-refractivity contribution is -0.00833. The smallest absolute Gasteiger partial charge is 0.197 e. The lowest BCUT2D eigenvalue weighted by Crippen LogP contribution is -2.62. The fraction of sp³-hybridized carbons (Fsp3) is 1.00. The molecule has 0 spiro atoms. The second kappa shape index (κ2) is 4.18. The van der Waals surface area contributed by atoms with Crippen molar-refractivity contribution in [3.63, 3.8) is 0 Å². The molecule has 4 nitrogen and oxygen atoms in total. The van der Waals surface area contributed by atoms with E-state index in [0.29, 0.717) is 0 Å². The van der Waals surface area contributed by atoms with Gasteiger partial charge in [-0.05, 0) is 77.0 Å². The average Bonchev–Trinajstić information content (AvgIpc) is 2.06. The van der Waals surface area contributed by atoms with E-state index in [-0.39, 0.29) is 5.54 Å². The van der Waals surface area contributed by atoms with Crippen LogP contribution in [0, 0.1) is 17.8 Å². The van der Waals surface area contributed by atoms with Gasteiger partial charge in [-0.1, -0.05) is 0 Å². The van der Waals surface area contributed by atoms with Crippen LogP contribution in [0.4, 0.5) is 0 Å². The first-order valence-electron chi connectivity index (χ1n) is 7.48. The summed E-state index contributed by atoms with van der Waals surface area (Å²) in [5.41, 5.74) is -0.569. The van der Waals surface area contributed by atoms with E-state index in [1.54, 1.807) is 0 Å². The highest BCUT2D eigenvalue weighted by Gasteiger charge is 2.52. The Labute approximate surface area is 116 Å². The molecule has 0 unspecified atom stereocenters. The Balaban J connectivity index is 1.76. The van der Waals surface area contributed by atoms with Gasteiger partial charge in [0, 0.05) is 11.1 Å². The van der Waals surface area contributed by atoms with Gasteiger partial charge < -0.3 is 0 Å². The van der Waals surface area contributed by atoms with E-state index in [1.807, 2.05) is 20.8 Å². The van der Waals surface area contributed by atoms with Gasteiger partial charge in [0.2, 0.25) is 0 Å². The van der Waals surface area contributed by atoms with Gasteiger partial charge in [-0.25, -0.2) is 0 Å². The zero-order valence-electron chi connectivity index (χ0n) is 12.2. The van der Waals surface area contributed by atoms with Gasteiger partial charge in [0.05, 0.1) is 0 Å². The van der Waals surface area contributed by atoms with E-state index < -0.39 is 15.7 Å². The molecule has 0 aromatic heterocycles. The summed E-state index contributed by atoms with van der Waals surface area (Å²) in [5, 5.41) is 0. The van der Waals surface area contributed by atoms with E-state index in [9.17, 15) is 8.42 Å². The van der Waals surface area contributed by atoms with Crippen LogP contribution in [-0.4, -0.2) is 19.5 Å². The third kappa shape index (κ3) is 2.98. The van der Waals surface area contributed by atoms with Crippen LogP contribution in [0.3, 0.4) is 0 Å². The van der Waals surface area contributed by atoms with Crippen LogP contribution in [0.15, 0.2) is 0 Å². The van der Waals surface area contributed by atoms with Crippen LogP contribution >= 0.6 is 0 Å². The van der Waals surface area contributed by atoms with Crippen LogP contribution < -0.4 is 9.44 Å². The van der Waals surface area contributed by atoms with Gasteiger partial charge in [0.15, 0.2) is 0 Å². The van der Waals surface area contributed by atoms with Gasteiger partial charge >= 0.3 is 0 Å². The Morgan fingerprint density at radius 2 is 1.37 bits per heavy atom. The second-order valence-corrected chi connectivity index (χ2v) is 9.57. The topological polar surface area (TPSA) is 58.2 Å². The molecule has 2 N–H and O–H groups in total. The van der Waals surface area contributed by atoms with E-state index in [1.165, 1.54) is 19.3 Å². The first-order valence-corrected chi connectivity index (χ1v) is 8.96. The Bertz CT molecular complexity index is 429. The van der Waals surface area contributed by atoms with Crippen LogP contribution in [0.2, 0.25) is 0 Å². The van der Waals surface area contributed by atoms with Gasteiger partial charge in [0.25, 0.3) is 10.2 Å². The highest BCUT2D eigenvalue weighted by Crippen LogP contribution is 2.55. The molecule has 4 aliphatic carbocycles. The lowest BCUT2D eigenvalue weighted by Gasteiger charge is -2.56. The quantitative estimate of drug-likeness (QED) is 0.835. The zero-order valence-corrected chi connectivity index (χ0v) is 13.0. The Kier molecular flexibility index (Phi) is 3.05. The number of nitrogens with one attached hydrogen (secondary N) is 2. The summed E-state index contributed by atoms with van der Waals surface area (Å²) in [4.78, 5) is 0. The predicted octanol–water partition coefficient (Wildman–Crippen LogP) is 2.18. The fourth-order valence-electron chi connectivity index (χ4n) is 4.95. The van der Waals surface area contributed by atoms with Gasteiger partial charge in [-0.2, -0.15) is 17.9 Å². The molecule has 0 heterocycles. The molecular formula is C14H26N2O2S. The molecule has 5 heteroatoms. The first kappa shape index (κ1) is 13.8.